The van der Waals surface area contributed by atoms with E-state index in [1.165, 1.54) is 6.07 Å². The molecular weight excluding hydrogens is 388 g/mol. The Hall–Kier alpha value is -2.81. The molecule has 146 valence electrons. The minimum Gasteiger partial charge on any atom is -0.482 e. The fraction of sp³-hybridized carbons (Fsp3) is 0.316. The lowest BCUT2D eigenvalue weighted by molar-refractivity contribution is -0.135. The second-order valence-electron chi connectivity index (χ2n) is 6.39. The number of amides is 1. The smallest absolute Gasteiger partial charge is 0.274 e. The largest absolute Gasteiger partial charge is 0.482 e. The first-order valence-corrected chi connectivity index (χ1v) is 9.63. The topological polar surface area (TPSA) is 64.5 Å². The normalized spacial score (nSPS) is 15.0. The molecule has 1 saturated heterocycles. The fourth-order valence-electron chi connectivity index (χ4n) is 3.02. The molecule has 9 heteroatoms. The number of nitrogens with zero attached hydrogens (tertiary/aromatic N) is 3. The van der Waals surface area contributed by atoms with E-state index in [2.05, 4.69) is 9.97 Å². The molecule has 0 saturated carbocycles. The molecule has 0 spiro atoms. The Bertz CT molecular complexity index is 975. The summed E-state index contributed by atoms with van der Waals surface area (Å²) in [4.78, 5) is 22.0. The lowest BCUT2D eigenvalue weighted by atomic mass is 10.1. The molecule has 3 aromatic rings. The molecule has 0 atom stereocenters. The molecule has 2 aromatic heterocycles. The van der Waals surface area contributed by atoms with Gasteiger partial charge in [-0.3, -0.25) is 9.78 Å². The molecule has 0 bridgehead atoms. The van der Waals surface area contributed by atoms with E-state index < -0.39 is 11.6 Å². The number of likely N-dealkylation sites (tertiary alicyclic amines) is 1. The number of piperidine rings is 1. The van der Waals surface area contributed by atoms with E-state index in [0.717, 1.165) is 17.4 Å². The minimum absolute atomic E-state index is 0.0417. The molecule has 1 amide bonds. The summed E-state index contributed by atoms with van der Waals surface area (Å²) >= 11 is 1.11. The van der Waals surface area contributed by atoms with Crippen LogP contribution in [0.3, 0.4) is 0 Å². The van der Waals surface area contributed by atoms with E-state index in [4.69, 9.17) is 9.47 Å². The standard InChI is InChI=1S/C19H17F2N3O3S/c20-12-8-15(21)18-16(9-12)28-19(23-18)27-13-3-6-24(7-4-13)17(25)11-26-14-2-1-5-22-10-14/h1-2,5,8-10,13H,3-4,6-7,11H2. The van der Waals surface area contributed by atoms with Crippen molar-refractivity contribution in [3.8, 4) is 10.9 Å². The summed E-state index contributed by atoms with van der Waals surface area (Å²) in [7, 11) is 0. The molecule has 0 unspecified atom stereocenters. The first-order chi connectivity index (χ1) is 13.6. The van der Waals surface area contributed by atoms with Crippen molar-refractivity contribution in [3.63, 3.8) is 0 Å². The summed E-state index contributed by atoms with van der Waals surface area (Å²) in [6, 6.07) is 5.54. The monoisotopic (exact) mass is 405 g/mol. The van der Waals surface area contributed by atoms with Gasteiger partial charge in [-0.05, 0) is 18.2 Å². The Kier molecular flexibility index (Phi) is 5.34. The number of aromatic nitrogens is 2. The maximum Gasteiger partial charge on any atom is 0.274 e. The quantitative estimate of drug-likeness (QED) is 0.651. The maximum absolute atomic E-state index is 13.8. The third kappa shape index (κ3) is 4.19. The van der Waals surface area contributed by atoms with Crippen LogP contribution in [0.5, 0.6) is 10.9 Å². The van der Waals surface area contributed by atoms with Crippen molar-refractivity contribution in [3.05, 3.63) is 48.3 Å². The lowest BCUT2D eigenvalue weighted by Crippen LogP contribution is -2.43. The highest BCUT2D eigenvalue weighted by atomic mass is 32.1. The van der Waals surface area contributed by atoms with E-state index in [9.17, 15) is 13.6 Å². The van der Waals surface area contributed by atoms with Crippen LogP contribution in [0.15, 0.2) is 36.7 Å². The van der Waals surface area contributed by atoms with E-state index in [-0.39, 0.29) is 24.1 Å². The Balaban J connectivity index is 1.29. The molecule has 6 nitrogen and oxygen atoms in total. The van der Waals surface area contributed by atoms with Crippen LogP contribution in [0.2, 0.25) is 0 Å². The summed E-state index contributed by atoms with van der Waals surface area (Å²) in [5.74, 6) is -0.885. The average Bonchev–Trinajstić information content (AvgIpc) is 3.10. The average molecular weight is 405 g/mol. The molecule has 1 aliphatic heterocycles. The highest BCUT2D eigenvalue weighted by molar-refractivity contribution is 7.20. The summed E-state index contributed by atoms with van der Waals surface area (Å²) in [6.07, 6.45) is 4.32. The SMILES string of the molecule is O=C(COc1cccnc1)N1CCC(Oc2nc3c(F)cc(F)cc3s2)CC1. The highest BCUT2D eigenvalue weighted by Gasteiger charge is 2.25. The van der Waals surface area contributed by atoms with Gasteiger partial charge in [-0.25, -0.2) is 8.78 Å². The number of pyridine rings is 1. The fourth-order valence-corrected chi connectivity index (χ4v) is 3.94. The number of ether oxygens (including phenoxy) is 2. The molecule has 1 aliphatic rings. The first-order valence-electron chi connectivity index (χ1n) is 8.81. The maximum atomic E-state index is 13.8. The molecule has 1 aromatic carbocycles. The summed E-state index contributed by atoms with van der Waals surface area (Å²) < 4.78 is 38.7. The van der Waals surface area contributed by atoms with Gasteiger partial charge in [-0.1, -0.05) is 11.3 Å². The summed E-state index contributed by atoms with van der Waals surface area (Å²) in [6.45, 7) is 1.03. The van der Waals surface area contributed by atoms with Gasteiger partial charge >= 0.3 is 0 Å². The lowest BCUT2D eigenvalue weighted by Gasteiger charge is -2.31. The van der Waals surface area contributed by atoms with Gasteiger partial charge in [0.1, 0.15) is 23.2 Å². The number of carbonyl (C=O) groups excluding carboxylic acids is 1. The van der Waals surface area contributed by atoms with E-state index in [1.807, 2.05) is 0 Å². The van der Waals surface area contributed by atoms with Gasteiger partial charge in [0.05, 0.1) is 10.9 Å². The molecular formula is C19H17F2N3O3S. The number of carbonyl (C=O) groups is 1. The van der Waals surface area contributed by atoms with E-state index >= 15 is 0 Å². The first kappa shape index (κ1) is 18.5. The third-order valence-corrected chi connectivity index (χ3v) is 5.35. The molecule has 3 heterocycles. The number of thiazole rings is 1. The van der Waals surface area contributed by atoms with Crippen molar-refractivity contribution in [2.45, 2.75) is 18.9 Å². The Morgan fingerprint density at radius 1 is 1.29 bits per heavy atom. The Morgan fingerprint density at radius 2 is 2.11 bits per heavy atom. The van der Waals surface area contributed by atoms with Crippen molar-refractivity contribution in [1.29, 1.82) is 0 Å². The Morgan fingerprint density at radius 3 is 2.86 bits per heavy atom. The zero-order chi connectivity index (χ0) is 19.5. The van der Waals surface area contributed by atoms with Gasteiger partial charge in [0.15, 0.2) is 12.4 Å². The van der Waals surface area contributed by atoms with Crippen molar-refractivity contribution < 1.29 is 23.0 Å². The zero-order valence-electron chi connectivity index (χ0n) is 14.8. The highest BCUT2D eigenvalue weighted by Crippen LogP contribution is 2.31. The molecule has 0 aliphatic carbocycles. The summed E-state index contributed by atoms with van der Waals surface area (Å²) in [5, 5.41) is 0.309. The molecule has 4 rings (SSSR count). The van der Waals surface area contributed by atoms with Crippen LogP contribution < -0.4 is 9.47 Å². The van der Waals surface area contributed by atoms with Crippen LogP contribution in [-0.4, -0.2) is 46.6 Å². The van der Waals surface area contributed by atoms with E-state index in [1.54, 1.807) is 29.4 Å². The molecule has 0 radical (unpaired) electrons. The van der Waals surface area contributed by atoms with Gasteiger partial charge in [-0.2, -0.15) is 4.98 Å². The van der Waals surface area contributed by atoms with Crippen molar-refractivity contribution in [1.82, 2.24) is 14.9 Å². The van der Waals surface area contributed by atoms with Crippen LogP contribution in [0.1, 0.15) is 12.8 Å². The van der Waals surface area contributed by atoms with E-state index in [0.29, 0.717) is 41.6 Å². The van der Waals surface area contributed by atoms with Crippen LogP contribution >= 0.6 is 11.3 Å². The number of hydrogen-bond acceptors (Lipinski definition) is 6. The van der Waals surface area contributed by atoms with Crippen molar-refractivity contribution >= 4 is 27.5 Å². The number of fused-ring (bicyclic) bond motifs is 1. The van der Waals surface area contributed by atoms with Crippen LogP contribution in [-0.2, 0) is 4.79 Å². The second kappa shape index (κ2) is 8.05. The minimum atomic E-state index is -0.699. The number of rotatable bonds is 5. The number of benzene rings is 1. The van der Waals surface area contributed by atoms with Gasteiger partial charge in [0.2, 0.25) is 0 Å². The van der Waals surface area contributed by atoms with Gasteiger partial charge < -0.3 is 14.4 Å². The second-order valence-corrected chi connectivity index (χ2v) is 7.38. The molecule has 0 N–H and O–H groups in total. The van der Waals surface area contributed by atoms with Gasteiger partial charge in [0, 0.05) is 38.2 Å². The zero-order valence-corrected chi connectivity index (χ0v) is 15.6. The van der Waals surface area contributed by atoms with Crippen molar-refractivity contribution in [2.75, 3.05) is 19.7 Å². The van der Waals surface area contributed by atoms with Crippen LogP contribution in [0, 0.1) is 11.6 Å². The molecule has 28 heavy (non-hydrogen) atoms. The number of halogens is 2. The van der Waals surface area contributed by atoms with Crippen LogP contribution in [0.4, 0.5) is 8.78 Å². The summed E-state index contributed by atoms with van der Waals surface area (Å²) in [5.41, 5.74) is 0.113. The predicted molar refractivity (Wildman–Crippen MR) is 99.5 cm³/mol. The van der Waals surface area contributed by atoms with Crippen molar-refractivity contribution in [2.24, 2.45) is 0 Å². The molecule has 1 fully saturated rings. The Labute approximate surface area is 163 Å². The number of hydrogen-bond donors (Lipinski definition) is 0. The van der Waals surface area contributed by atoms with Crippen LogP contribution in [0.25, 0.3) is 10.2 Å². The third-order valence-electron chi connectivity index (χ3n) is 4.45. The van der Waals surface area contributed by atoms with Gasteiger partial charge in [-0.15, -0.1) is 0 Å². The van der Waals surface area contributed by atoms with Gasteiger partial charge in [0.25, 0.3) is 11.1 Å². The predicted octanol–water partition coefficient (Wildman–Crippen LogP) is 3.42.